The maximum atomic E-state index is 12.7. The van der Waals surface area contributed by atoms with Gasteiger partial charge in [-0.2, -0.15) is 0 Å². The van der Waals surface area contributed by atoms with Gasteiger partial charge in [-0.05, 0) is 51.9 Å². The van der Waals surface area contributed by atoms with Gasteiger partial charge in [-0.3, -0.25) is 14.7 Å². The third-order valence-electron chi connectivity index (χ3n) is 6.03. The van der Waals surface area contributed by atoms with Gasteiger partial charge in [0.15, 0.2) is 5.96 Å². The highest BCUT2D eigenvalue weighted by Gasteiger charge is 2.30. The summed E-state index contributed by atoms with van der Waals surface area (Å²) in [7, 11) is 0. The summed E-state index contributed by atoms with van der Waals surface area (Å²) >= 11 is 0. The minimum absolute atomic E-state index is 0. The van der Waals surface area contributed by atoms with Crippen LogP contribution in [0.25, 0.3) is 0 Å². The Kier molecular flexibility index (Phi) is 11.0. The van der Waals surface area contributed by atoms with Crippen LogP contribution in [0.3, 0.4) is 0 Å². The monoisotopic (exact) mass is 521 g/mol. The van der Waals surface area contributed by atoms with Crippen molar-refractivity contribution < 1.29 is 9.53 Å². The molecule has 0 aromatic heterocycles. The molecule has 8 heteroatoms. The number of carbonyl (C=O) groups is 1. The van der Waals surface area contributed by atoms with E-state index in [9.17, 15) is 4.79 Å². The Balaban J connectivity index is 0.00000300. The molecule has 2 aliphatic heterocycles. The second-order valence-electron chi connectivity index (χ2n) is 8.34. The number of amides is 1. The molecule has 1 unspecified atom stereocenters. The molecule has 2 heterocycles. The fourth-order valence-electron chi connectivity index (χ4n) is 3.99. The number of hydrogen-bond donors (Lipinski definition) is 1. The number of nitrogens with zero attached hydrogens (tertiary/aromatic N) is 4. The number of ether oxygens (including phenoxy) is 1. The summed E-state index contributed by atoms with van der Waals surface area (Å²) in [6.45, 7) is 13.1. The highest BCUT2D eigenvalue weighted by molar-refractivity contribution is 14.0. The van der Waals surface area contributed by atoms with Crippen molar-refractivity contribution in [2.75, 3.05) is 65.6 Å². The number of likely N-dealkylation sites (tertiary alicyclic amines) is 1. The molecule has 1 amide bonds. The Morgan fingerprint density at radius 1 is 1.10 bits per heavy atom. The van der Waals surface area contributed by atoms with Crippen molar-refractivity contribution in [1.82, 2.24) is 20.0 Å². The van der Waals surface area contributed by atoms with Crippen molar-refractivity contribution in [3.8, 4) is 0 Å². The predicted octanol–water partition coefficient (Wildman–Crippen LogP) is 2.02. The lowest BCUT2D eigenvalue weighted by Gasteiger charge is -2.39. The molecule has 7 nitrogen and oxygen atoms in total. The number of guanidine groups is 1. The first kappa shape index (κ1) is 24.7. The van der Waals surface area contributed by atoms with E-state index in [4.69, 9.17) is 9.73 Å². The van der Waals surface area contributed by atoms with Crippen molar-refractivity contribution >= 4 is 35.8 Å². The van der Waals surface area contributed by atoms with Crippen molar-refractivity contribution in [1.29, 1.82) is 0 Å². The van der Waals surface area contributed by atoms with E-state index < -0.39 is 0 Å². The summed E-state index contributed by atoms with van der Waals surface area (Å²) in [5.41, 5.74) is 0. The van der Waals surface area contributed by atoms with Crippen LogP contribution >= 0.6 is 24.0 Å². The molecule has 0 spiro atoms. The van der Waals surface area contributed by atoms with Crippen molar-refractivity contribution in [2.24, 2.45) is 10.9 Å². The van der Waals surface area contributed by atoms with Crippen LogP contribution in [-0.4, -0.2) is 98.2 Å². The molecule has 3 rings (SSSR count). The van der Waals surface area contributed by atoms with Gasteiger partial charge in [0, 0.05) is 65.6 Å². The lowest BCUT2D eigenvalue weighted by molar-refractivity contribution is -0.135. The summed E-state index contributed by atoms with van der Waals surface area (Å²) in [5.74, 6) is 2.14. The molecule has 1 saturated carbocycles. The quantitative estimate of drug-likeness (QED) is 0.218. The Hall–Kier alpha value is -0.610. The predicted molar refractivity (Wildman–Crippen MR) is 128 cm³/mol. The third kappa shape index (κ3) is 7.86. The van der Waals surface area contributed by atoms with E-state index in [0.29, 0.717) is 5.91 Å². The number of halogens is 1. The first-order chi connectivity index (χ1) is 13.7. The van der Waals surface area contributed by atoms with Gasteiger partial charge in [0.05, 0.1) is 6.04 Å². The molecule has 1 atom stereocenters. The molecule has 29 heavy (non-hydrogen) atoms. The van der Waals surface area contributed by atoms with Gasteiger partial charge >= 0.3 is 0 Å². The average Bonchev–Trinajstić information content (AvgIpc) is 3.38. The fraction of sp³-hybridized carbons (Fsp3) is 0.905. The van der Waals surface area contributed by atoms with E-state index >= 15 is 0 Å². The largest absolute Gasteiger partial charge is 0.381 e. The zero-order chi connectivity index (χ0) is 19.8. The van der Waals surface area contributed by atoms with Gasteiger partial charge in [0.25, 0.3) is 0 Å². The van der Waals surface area contributed by atoms with Crippen LogP contribution in [0.5, 0.6) is 0 Å². The molecule has 0 bridgehead atoms. The van der Waals surface area contributed by atoms with Crippen LogP contribution < -0.4 is 5.32 Å². The minimum atomic E-state index is -0.0108. The number of rotatable bonds is 9. The topological polar surface area (TPSA) is 60.4 Å². The summed E-state index contributed by atoms with van der Waals surface area (Å²) in [5, 5.41) is 3.42. The molecule has 168 valence electrons. The first-order valence-corrected chi connectivity index (χ1v) is 11.3. The van der Waals surface area contributed by atoms with Gasteiger partial charge in [-0.25, -0.2) is 0 Å². The molecule has 0 radical (unpaired) electrons. The number of hydrogen-bond acceptors (Lipinski definition) is 4. The molecule has 3 aliphatic rings. The maximum Gasteiger partial charge on any atom is 0.239 e. The van der Waals surface area contributed by atoms with Crippen LogP contribution in [0.15, 0.2) is 4.99 Å². The maximum absolute atomic E-state index is 12.7. The third-order valence-corrected chi connectivity index (χ3v) is 6.03. The Labute approximate surface area is 193 Å². The summed E-state index contributed by atoms with van der Waals surface area (Å²) < 4.78 is 5.70. The molecule has 1 N–H and O–H groups in total. The van der Waals surface area contributed by atoms with E-state index in [2.05, 4.69) is 29.0 Å². The average molecular weight is 521 g/mol. The summed E-state index contributed by atoms with van der Waals surface area (Å²) in [4.78, 5) is 24.1. The van der Waals surface area contributed by atoms with E-state index in [-0.39, 0.29) is 30.0 Å². The van der Waals surface area contributed by atoms with Crippen LogP contribution in [-0.2, 0) is 9.53 Å². The smallest absolute Gasteiger partial charge is 0.239 e. The summed E-state index contributed by atoms with van der Waals surface area (Å²) in [6, 6.07) is -0.0108. The number of piperazine rings is 1. The summed E-state index contributed by atoms with van der Waals surface area (Å²) in [6.07, 6.45) is 5.97. The zero-order valence-corrected chi connectivity index (χ0v) is 20.6. The van der Waals surface area contributed by atoms with Crippen molar-refractivity contribution in [3.63, 3.8) is 0 Å². The van der Waals surface area contributed by atoms with Crippen LogP contribution in [0.4, 0.5) is 0 Å². The lowest BCUT2D eigenvalue weighted by Crippen LogP contribution is -2.57. The molecule has 3 fully saturated rings. The van der Waals surface area contributed by atoms with Gasteiger partial charge in [-0.1, -0.05) is 0 Å². The molecular weight excluding hydrogens is 481 g/mol. The highest BCUT2D eigenvalue weighted by atomic mass is 127. The normalized spacial score (nSPS) is 21.8. The van der Waals surface area contributed by atoms with Crippen molar-refractivity contribution in [3.05, 3.63) is 0 Å². The van der Waals surface area contributed by atoms with Gasteiger partial charge < -0.3 is 19.9 Å². The Bertz CT molecular complexity index is 515. The van der Waals surface area contributed by atoms with Gasteiger partial charge in [0.1, 0.15) is 0 Å². The minimum Gasteiger partial charge on any atom is -0.381 e. The van der Waals surface area contributed by atoms with Gasteiger partial charge in [0.2, 0.25) is 5.91 Å². The van der Waals surface area contributed by atoms with E-state index in [1.54, 1.807) is 0 Å². The zero-order valence-electron chi connectivity index (χ0n) is 18.3. The molecule has 1 aliphatic carbocycles. The second kappa shape index (κ2) is 12.9. The molecular formula is C21H40IN5O2. The van der Waals surface area contributed by atoms with E-state index in [1.807, 2.05) is 4.90 Å². The van der Waals surface area contributed by atoms with Crippen LogP contribution in [0.1, 0.15) is 46.0 Å². The molecule has 0 aromatic carbocycles. The lowest BCUT2D eigenvalue weighted by atomic mass is 10.2. The van der Waals surface area contributed by atoms with Gasteiger partial charge in [-0.15, -0.1) is 24.0 Å². The fourth-order valence-corrected chi connectivity index (χ4v) is 3.99. The molecule has 2 saturated heterocycles. The second-order valence-corrected chi connectivity index (χ2v) is 8.34. The first-order valence-electron chi connectivity index (χ1n) is 11.3. The number of carbonyl (C=O) groups excluding carboxylic acids is 1. The molecule has 0 aromatic rings. The standard InChI is InChI=1S/C21H39N5O2.HI/c1-3-22-21(23-9-6-16-28-17-19-7-8-19)26-14-12-24(13-15-26)18(2)20(27)25-10-4-5-11-25;/h18-19H,3-17H2,1-2H3,(H,22,23);1H. The van der Waals surface area contributed by atoms with Crippen LogP contribution in [0, 0.1) is 5.92 Å². The van der Waals surface area contributed by atoms with E-state index in [1.165, 1.54) is 12.8 Å². The number of aliphatic imine (C=N–C) groups is 1. The Morgan fingerprint density at radius 3 is 2.41 bits per heavy atom. The highest BCUT2D eigenvalue weighted by Crippen LogP contribution is 2.28. The van der Waals surface area contributed by atoms with Crippen molar-refractivity contribution in [2.45, 2.75) is 52.0 Å². The van der Waals surface area contributed by atoms with Crippen LogP contribution in [0.2, 0.25) is 0 Å². The van der Waals surface area contributed by atoms with E-state index in [0.717, 1.165) is 96.7 Å². The Morgan fingerprint density at radius 2 is 1.79 bits per heavy atom. The SMILES string of the molecule is CCNC(=NCCCOCC1CC1)N1CCN(C(C)C(=O)N2CCCC2)CC1.I. The number of nitrogens with one attached hydrogen (secondary N) is 1.